The van der Waals surface area contributed by atoms with Gasteiger partial charge in [0.05, 0.1) is 11.7 Å². The van der Waals surface area contributed by atoms with Crippen molar-refractivity contribution in [3.8, 4) is 0 Å². The van der Waals surface area contributed by atoms with Crippen LogP contribution >= 0.6 is 0 Å². The van der Waals surface area contributed by atoms with E-state index < -0.39 is 0 Å². The highest BCUT2D eigenvalue weighted by molar-refractivity contribution is 5.98. The van der Waals surface area contributed by atoms with Gasteiger partial charge in [-0.15, -0.1) is 0 Å². The van der Waals surface area contributed by atoms with Crippen LogP contribution in [-0.2, 0) is 0 Å². The van der Waals surface area contributed by atoms with E-state index in [9.17, 15) is 4.79 Å². The lowest BCUT2D eigenvalue weighted by molar-refractivity contribution is 0.0921. The highest BCUT2D eigenvalue weighted by Gasteiger charge is 2.23. The van der Waals surface area contributed by atoms with Crippen molar-refractivity contribution in [1.29, 1.82) is 0 Å². The number of hydrogen-bond donors (Lipinski definition) is 3. The van der Waals surface area contributed by atoms with Crippen LogP contribution < -0.4 is 11.1 Å². The van der Waals surface area contributed by atoms with Gasteiger partial charge in [0.15, 0.2) is 0 Å². The monoisotopic (exact) mass is 258 g/mol. The molecule has 1 fully saturated rings. The number of carbonyl (C=O) groups is 1. The van der Waals surface area contributed by atoms with Gasteiger partial charge in [-0.25, -0.2) is 0 Å². The van der Waals surface area contributed by atoms with Gasteiger partial charge in [0.1, 0.15) is 0 Å². The first-order valence-electron chi connectivity index (χ1n) is 6.73. The van der Waals surface area contributed by atoms with Gasteiger partial charge in [0, 0.05) is 23.0 Å². The number of benzene rings is 1. The summed E-state index contributed by atoms with van der Waals surface area (Å²) < 4.78 is 0. The van der Waals surface area contributed by atoms with Gasteiger partial charge in [0.2, 0.25) is 0 Å². The van der Waals surface area contributed by atoms with Crippen molar-refractivity contribution in [2.45, 2.75) is 37.8 Å². The molecule has 2 aromatic rings. The lowest BCUT2D eigenvalue weighted by atomic mass is 9.91. The summed E-state index contributed by atoms with van der Waals surface area (Å²) in [5, 5.41) is 10.8. The molecule has 100 valence electrons. The number of fused-ring (bicyclic) bond motifs is 1. The molecule has 1 saturated carbocycles. The smallest absolute Gasteiger partial charge is 0.251 e. The SMILES string of the molecule is NC1CCCCC1NC(=O)c1ccc2[nH]ncc2c1. The Morgan fingerprint density at radius 2 is 2.21 bits per heavy atom. The van der Waals surface area contributed by atoms with E-state index >= 15 is 0 Å². The summed E-state index contributed by atoms with van der Waals surface area (Å²) in [6.45, 7) is 0. The maximum absolute atomic E-state index is 12.2. The Morgan fingerprint density at radius 1 is 1.37 bits per heavy atom. The predicted molar refractivity (Wildman–Crippen MR) is 73.8 cm³/mol. The summed E-state index contributed by atoms with van der Waals surface area (Å²) in [6, 6.07) is 5.71. The number of nitrogens with one attached hydrogen (secondary N) is 2. The Labute approximate surface area is 111 Å². The standard InChI is InChI=1S/C14H18N4O/c15-11-3-1-2-4-13(11)17-14(19)9-5-6-12-10(7-9)8-16-18-12/h5-8,11,13H,1-4,15H2,(H,16,18)(H,17,19). The molecule has 2 unspecified atom stereocenters. The zero-order valence-corrected chi connectivity index (χ0v) is 10.7. The molecule has 0 bridgehead atoms. The fraction of sp³-hybridized carbons (Fsp3) is 0.429. The summed E-state index contributed by atoms with van der Waals surface area (Å²) in [6.07, 6.45) is 5.99. The predicted octanol–water partition coefficient (Wildman–Crippen LogP) is 1.56. The molecule has 1 aliphatic carbocycles. The zero-order chi connectivity index (χ0) is 13.2. The van der Waals surface area contributed by atoms with Gasteiger partial charge in [-0.3, -0.25) is 9.89 Å². The number of carbonyl (C=O) groups excluding carboxylic acids is 1. The topological polar surface area (TPSA) is 83.8 Å². The number of aromatic amines is 1. The van der Waals surface area contributed by atoms with Crippen LogP contribution in [0, 0.1) is 0 Å². The fourth-order valence-electron chi connectivity index (χ4n) is 2.67. The molecule has 1 aromatic carbocycles. The Kier molecular flexibility index (Phi) is 3.21. The van der Waals surface area contributed by atoms with Crippen molar-refractivity contribution in [3.05, 3.63) is 30.0 Å². The number of rotatable bonds is 2. The van der Waals surface area contributed by atoms with Gasteiger partial charge >= 0.3 is 0 Å². The van der Waals surface area contributed by atoms with Crippen LogP contribution in [0.3, 0.4) is 0 Å². The highest BCUT2D eigenvalue weighted by Crippen LogP contribution is 2.18. The van der Waals surface area contributed by atoms with Gasteiger partial charge in [-0.05, 0) is 31.0 Å². The van der Waals surface area contributed by atoms with Crippen LogP contribution in [0.25, 0.3) is 10.9 Å². The molecule has 4 N–H and O–H groups in total. The Balaban J connectivity index is 1.75. The first kappa shape index (κ1) is 12.2. The van der Waals surface area contributed by atoms with Crippen molar-refractivity contribution < 1.29 is 4.79 Å². The maximum atomic E-state index is 12.2. The normalized spacial score (nSPS) is 23.4. The number of aromatic nitrogens is 2. The number of amides is 1. The second kappa shape index (κ2) is 5.01. The van der Waals surface area contributed by atoms with Crippen molar-refractivity contribution in [2.75, 3.05) is 0 Å². The molecule has 0 aliphatic heterocycles. The zero-order valence-electron chi connectivity index (χ0n) is 10.7. The molecule has 5 nitrogen and oxygen atoms in total. The molecule has 1 aliphatic rings. The van der Waals surface area contributed by atoms with E-state index in [1.807, 2.05) is 18.2 Å². The quantitative estimate of drug-likeness (QED) is 0.764. The molecule has 0 saturated heterocycles. The van der Waals surface area contributed by atoms with E-state index in [2.05, 4.69) is 15.5 Å². The Hall–Kier alpha value is -1.88. The third-order valence-corrected chi connectivity index (χ3v) is 3.84. The lowest BCUT2D eigenvalue weighted by Gasteiger charge is -2.29. The Morgan fingerprint density at radius 3 is 3.05 bits per heavy atom. The van der Waals surface area contributed by atoms with E-state index in [0.717, 1.165) is 36.6 Å². The number of nitrogens with zero attached hydrogens (tertiary/aromatic N) is 1. The summed E-state index contributed by atoms with van der Waals surface area (Å²) in [5.74, 6) is -0.0505. The largest absolute Gasteiger partial charge is 0.348 e. The molecule has 5 heteroatoms. The molecule has 3 rings (SSSR count). The van der Waals surface area contributed by atoms with E-state index in [1.54, 1.807) is 6.20 Å². The second-order valence-electron chi connectivity index (χ2n) is 5.20. The minimum absolute atomic E-state index is 0.0505. The third-order valence-electron chi connectivity index (χ3n) is 3.84. The second-order valence-corrected chi connectivity index (χ2v) is 5.20. The molecule has 19 heavy (non-hydrogen) atoms. The minimum atomic E-state index is -0.0505. The average Bonchev–Trinajstić information content (AvgIpc) is 2.88. The first-order chi connectivity index (χ1) is 9.24. The van der Waals surface area contributed by atoms with Crippen molar-refractivity contribution in [1.82, 2.24) is 15.5 Å². The van der Waals surface area contributed by atoms with Gasteiger partial charge in [-0.2, -0.15) is 5.10 Å². The molecular formula is C14H18N4O. The Bertz CT molecular complexity index is 592. The third kappa shape index (κ3) is 2.46. The summed E-state index contributed by atoms with van der Waals surface area (Å²) in [5.41, 5.74) is 7.64. The van der Waals surface area contributed by atoms with Crippen molar-refractivity contribution in [2.24, 2.45) is 5.73 Å². The molecule has 1 amide bonds. The van der Waals surface area contributed by atoms with E-state index in [4.69, 9.17) is 5.73 Å². The van der Waals surface area contributed by atoms with Crippen LogP contribution in [0.2, 0.25) is 0 Å². The van der Waals surface area contributed by atoms with Gasteiger partial charge < -0.3 is 11.1 Å². The van der Waals surface area contributed by atoms with Crippen molar-refractivity contribution in [3.63, 3.8) is 0 Å². The van der Waals surface area contributed by atoms with E-state index in [-0.39, 0.29) is 18.0 Å². The van der Waals surface area contributed by atoms with Crippen LogP contribution in [0.15, 0.2) is 24.4 Å². The summed E-state index contributed by atoms with van der Waals surface area (Å²) in [7, 11) is 0. The molecule has 1 aromatic heterocycles. The molecular weight excluding hydrogens is 240 g/mol. The van der Waals surface area contributed by atoms with E-state index in [0.29, 0.717) is 5.56 Å². The lowest BCUT2D eigenvalue weighted by Crippen LogP contribution is -2.49. The summed E-state index contributed by atoms with van der Waals surface area (Å²) in [4.78, 5) is 12.2. The van der Waals surface area contributed by atoms with Crippen molar-refractivity contribution >= 4 is 16.8 Å². The summed E-state index contributed by atoms with van der Waals surface area (Å²) >= 11 is 0. The first-order valence-corrected chi connectivity index (χ1v) is 6.73. The number of nitrogens with two attached hydrogens (primary N) is 1. The van der Waals surface area contributed by atoms with Crippen LogP contribution in [0.1, 0.15) is 36.0 Å². The molecule has 2 atom stereocenters. The van der Waals surface area contributed by atoms with Gasteiger partial charge in [0.25, 0.3) is 5.91 Å². The number of hydrogen-bond acceptors (Lipinski definition) is 3. The minimum Gasteiger partial charge on any atom is -0.348 e. The van der Waals surface area contributed by atoms with Crippen LogP contribution in [0.4, 0.5) is 0 Å². The van der Waals surface area contributed by atoms with E-state index in [1.165, 1.54) is 0 Å². The molecule has 0 spiro atoms. The fourth-order valence-corrected chi connectivity index (χ4v) is 2.67. The highest BCUT2D eigenvalue weighted by atomic mass is 16.1. The molecule has 1 heterocycles. The van der Waals surface area contributed by atoms with Crippen LogP contribution in [0.5, 0.6) is 0 Å². The number of H-pyrrole nitrogens is 1. The maximum Gasteiger partial charge on any atom is 0.251 e. The van der Waals surface area contributed by atoms with Gasteiger partial charge in [-0.1, -0.05) is 12.8 Å². The van der Waals surface area contributed by atoms with Crippen LogP contribution in [-0.4, -0.2) is 28.2 Å². The molecule has 0 radical (unpaired) electrons. The average molecular weight is 258 g/mol.